The molecule has 1 heterocycles. The van der Waals surface area contributed by atoms with E-state index in [0.717, 1.165) is 22.6 Å². The molecule has 0 aliphatic rings. The highest BCUT2D eigenvalue weighted by Crippen LogP contribution is 2.34. The van der Waals surface area contributed by atoms with Crippen LogP contribution < -0.4 is 10.1 Å². The summed E-state index contributed by atoms with van der Waals surface area (Å²) in [5.74, 6) is 0. The first-order chi connectivity index (χ1) is 5.77. The number of halogens is 1. The molecule has 0 aliphatic carbocycles. The molecule has 0 radical (unpaired) electrons. The molecular formula is C8H12BrNOS. The monoisotopic (exact) mass is 249 g/mol. The molecular weight excluding hydrogens is 238 g/mol. The van der Waals surface area contributed by atoms with Gasteiger partial charge in [-0.2, -0.15) is 0 Å². The standard InChI is InChI=1S/C8H12BrNOS/c1-3-10-5-6-4-7(9)8(11-2)12-6/h4,10H,3,5H2,1-2H3. The van der Waals surface area contributed by atoms with E-state index in [1.807, 2.05) is 0 Å². The molecule has 0 saturated heterocycles. The predicted molar refractivity (Wildman–Crippen MR) is 56.0 cm³/mol. The van der Waals surface area contributed by atoms with Crippen LogP contribution in [0, 0.1) is 0 Å². The summed E-state index contributed by atoms with van der Waals surface area (Å²) in [4.78, 5) is 1.29. The Hall–Kier alpha value is -0.0600. The van der Waals surface area contributed by atoms with Crippen molar-refractivity contribution in [1.29, 1.82) is 0 Å². The van der Waals surface area contributed by atoms with Gasteiger partial charge in [0, 0.05) is 11.4 Å². The lowest BCUT2D eigenvalue weighted by Crippen LogP contribution is -2.10. The zero-order valence-electron chi connectivity index (χ0n) is 7.19. The topological polar surface area (TPSA) is 21.3 Å². The van der Waals surface area contributed by atoms with Crippen LogP contribution >= 0.6 is 27.3 Å². The smallest absolute Gasteiger partial charge is 0.188 e. The second-order valence-corrected chi connectivity index (χ2v) is 4.29. The van der Waals surface area contributed by atoms with Gasteiger partial charge in [0.2, 0.25) is 0 Å². The van der Waals surface area contributed by atoms with Crippen molar-refractivity contribution in [3.63, 3.8) is 0 Å². The molecule has 0 bridgehead atoms. The van der Waals surface area contributed by atoms with Gasteiger partial charge in [-0.05, 0) is 28.5 Å². The van der Waals surface area contributed by atoms with Crippen molar-refractivity contribution in [1.82, 2.24) is 5.32 Å². The van der Waals surface area contributed by atoms with Gasteiger partial charge in [-0.15, -0.1) is 11.3 Å². The molecule has 0 spiro atoms. The zero-order valence-corrected chi connectivity index (χ0v) is 9.59. The molecule has 0 aromatic carbocycles. The van der Waals surface area contributed by atoms with E-state index in [-0.39, 0.29) is 0 Å². The summed E-state index contributed by atoms with van der Waals surface area (Å²) in [5.41, 5.74) is 0. The van der Waals surface area contributed by atoms with Crippen LogP contribution in [0.25, 0.3) is 0 Å². The number of thiophene rings is 1. The van der Waals surface area contributed by atoms with E-state index < -0.39 is 0 Å². The third-order valence-corrected chi connectivity index (χ3v) is 3.39. The van der Waals surface area contributed by atoms with Gasteiger partial charge < -0.3 is 10.1 Å². The van der Waals surface area contributed by atoms with Gasteiger partial charge in [-0.25, -0.2) is 0 Å². The molecule has 0 fully saturated rings. The summed E-state index contributed by atoms with van der Waals surface area (Å²) in [6, 6.07) is 2.09. The Morgan fingerprint density at radius 1 is 1.67 bits per heavy atom. The summed E-state index contributed by atoms with van der Waals surface area (Å²) in [6.07, 6.45) is 0. The maximum Gasteiger partial charge on any atom is 0.188 e. The van der Waals surface area contributed by atoms with E-state index in [2.05, 4.69) is 34.2 Å². The third-order valence-electron chi connectivity index (χ3n) is 1.44. The predicted octanol–water partition coefficient (Wildman–Crippen LogP) is 2.63. The van der Waals surface area contributed by atoms with Crippen molar-refractivity contribution >= 4 is 27.3 Å². The van der Waals surface area contributed by atoms with E-state index in [9.17, 15) is 0 Å². The summed E-state index contributed by atoms with van der Waals surface area (Å²) in [6.45, 7) is 4.01. The maximum absolute atomic E-state index is 5.15. The number of rotatable bonds is 4. The van der Waals surface area contributed by atoms with Crippen molar-refractivity contribution in [2.45, 2.75) is 13.5 Å². The van der Waals surface area contributed by atoms with Crippen molar-refractivity contribution in [2.75, 3.05) is 13.7 Å². The minimum atomic E-state index is 0.920. The molecule has 1 rings (SSSR count). The first kappa shape index (κ1) is 10.0. The Kier molecular flexibility index (Phi) is 4.05. The molecule has 0 unspecified atom stereocenters. The molecule has 0 saturated carbocycles. The lowest BCUT2D eigenvalue weighted by Gasteiger charge is -1.95. The largest absolute Gasteiger partial charge is 0.486 e. The van der Waals surface area contributed by atoms with Gasteiger partial charge in [0.25, 0.3) is 0 Å². The lowest BCUT2D eigenvalue weighted by atomic mass is 10.4. The Balaban J connectivity index is 2.62. The molecule has 2 nitrogen and oxygen atoms in total. The van der Waals surface area contributed by atoms with E-state index in [1.165, 1.54) is 4.88 Å². The van der Waals surface area contributed by atoms with Crippen LogP contribution in [0.2, 0.25) is 0 Å². The van der Waals surface area contributed by atoms with Gasteiger partial charge >= 0.3 is 0 Å². The van der Waals surface area contributed by atoms with E-state index in [4.69, 9.17) is 4.74 Å². The summed E-state index contributed by atoms with van der Waals surface area (Å²) in [5, 5.41) is 4.21. The molecule has 1 aromatic heterocycles. The third kappa shape index (κ3) is 2.47. The first-order valence-corrected chi connectivity index (χ1v) is 5.41. The number of hydrogen-bond donors (Lipinski definition) is 1. The molecule has 1 N–H and O–H groups in total. The molecule has 68 valence electrons. The second kappa shape index (κ2) is 4.84. The van der Waals surface area contributed by atoms with Crippen LogP contribution in [-0.4, -0.2) is 13.7 Å². The molecule has 1 aromatic rings. The summed E-state index contributed by atoms with van der Waals surface area (Å²) >= 11 is 5.09. The minimum absolute atomic E-state index is 0.920. The average Bonchev–Trinajstić information content (AvgIpc) is 2.43. The fourth-order valence-corrected chi connectivity index (χ4v) is 2.53. The average molecular weight is 250 g/mol. The highest BCUT2D eigenvalue weighted by atomic mass is 79.9. The van der Waals surface area contributed by atoms with Crippen LogP contribution in [0.1, 0.15) is 11.8 Å². The highest BCUT2D eigenvalue weighted by molar-refractivity contribution is 9.10. The molecule has 12 heavy (non-hydrogen) atoms. The summed E-state index contributed by atoms with van der Waals surface area (Å²) < 4.78 is 6.19. The van der Waals surface area contributed by atoms with Gasteiger partial charge in [0.15, 0.2) is 5.06 Å². The second-order valence-electron chi connectivity index (χ2n) is 2.33. The number of ether oxygens (including phenoxy) is 1. The molecule has 0 aliphatic heterocycles. The Morgan fingerprint density at radius 2 is 2.42 bits per heavy atom. The van der Waals surface area contributed by atoms with Crippen LogP contribution in [0.4, 0.5) is 0 Å². The van der Waals surface area contributed by atoms with Crippen LogP contribution in [0.3, 0.4) is 0 Å². The fourth-order valence-electron chi connectivity index (χ4n) is 0.872. The fraction of sp³-hybridized carbons (Fsp3) is 0.500. The maximum atomic E-state index is 5.15. The van der Waals surface area contributed by atoms with Crippen molar-refractivity contribution in [2.24, 2.45) is 0 Å². The van der Waals surface area contributed by atoms with Gasteiger partial charge in [-0.3, -0.25) is 0 Å². The van der Waals surface area contributed by atoms with Crippen molar-refractivity contribution < 1.29 is 4.74 Å². The zero-order chi connectivity index (χ0) is 8.97. The van der Waals surface area contributed by atoms with E-state index in [1.54, 1.807) is 18.4 Å². The normalized spacial score (nSPS) is 10.2. The van der Waals surface area contributed by atoms with Gasteiger partial charge in [-0.1, -0.05) is 6.92 Å². The molecule has 0 atom stereocenters. The van der Waals surface area contributed by atoms with Crippen LogP contribution in [0.15, 0.2) is 10.5 Å². The quantitative estimate of drug-likeness (QED) is 0.886. The lowest BCUT2D eigenvalue weighted by molar-refractivity contribution is 0.425. The number of nitrogens with one attached hydrogen (secondary N) is 1. The van der Waals surface area contributed by atoms with Crippen molar-refractivity contribution in [3.8, 4) is 5.06 Å². The summed E-state index contributed by atoms with van der Waals surface area (Å²) in [7, 11) is 1.69. The Bertz CT molecular complexity index is 249. The highest BCUT2D eigenvalue weighted by Gasteiger charge is 2.05. The van der Waals surface area contributed by atoms with Crippen LogP contribution in [-0.2, 0) is 6.54 Å². The van der Waals surface area contributed by atoms with E-state index in [0.29, 0.717) is 0 Å². The van der Waals surface area contributed by atoms with Crippen LogP contribution in [0.5, 0.6) is 5.06 Å². The van der Waals surface area contributed by atoms with Gasteiger partial charge in [0.1, 0.15) is 0 Å². The Labute approximate surface area is 85.1 Å². The van der Waals surface area contributed by atoms with E-state index >= 15 is 0 Å². The van der Waals surface area contributed by atoms with Gasteiger partial charge in [0.05, 0.1) is 11.6 Å². The molecule has 4 heteroatoms. The number of hydrogen-bond acceptors (Lipinski definition) is 3. The van der Waals surface area contributed by atoms with Crippen molar-refractivity contribution in [3.05, 3.63) is 15.4 Å². The Morgan fingerprint density at radius 3 is 2.92 bits per heavy atom. The SMILES string of the molecule is CCNCc1cc(Br)c(OC)s1. The first-order valence-electron chi connectivity index (χ1n) is 3.80. The minimum Gasteiger partial charge on any atom is -0.486 e. The molecule has 0 amide bonds. The number of methoxy groups -OCH3 is 1.